The van der Waals surface area contributed by atoms with Crippen molar-refractivity contribution < 1.29 is 33.1 Å². The third-order valence-electron chi connectivity index (χ3n) is 5.73. The fourth-order valence-electron chi connectivity index (χ4n) is 4.03. The van der Waals surface area contributed by atoms with Gasteiger partial charge in [-0.25, -0.2) is 18.9 Å². The van der Waals surface area contributed by atoms with E-state index in [9.17, 15) is 23.6 Å². The summed E-state index contributed by atoms with van der Waals surface area (Å²) >= 11 is 0. The summed E-state index contributed by atoms with van der Waals surface area (Å²) in [6, 6.07) is 15.1. The minimum absolute atomic E-state index is 0.0299. The van der Waals surface area contributed by atoms with Gasteiger partial charge in [0.15, 0.2) is 0 Å². The van der Waals surface area contributed by atoms with E-state index in [-0.39, 0.29) is 23.7 Å². The highest BCUT2D eigenvalue weighted by Crippen LogP contribution is 2.26. The summed E-state index contributed by atoms with van der Waals surface area (Å²) in [5, 5.41) is 14.7. The van der Waals surface area contributed by atoms with Crippen LogP contribution in [0.3, 0.4) is 0 Å². The molecule has 4 amide bonds. The third-order valence-corrected chi connectivity index (χ3v) is 5.73. The Hall–Kier alpha value is -5.19. The van der Waals surface area contributed by atoms with E-state index in [2.05, 4.69) is 10.6 Å². The number of carbonyl (C=O) groups is 4. The number of imide groups is 1. The summed E-state index contributed by atoms with van der Waals surface area (Å²) in [7, 11) is 0. The predicted octanol–water partition coefficient (Wildman–Crippen LogP) is 3.65. The summed E-state index contributed by atoms with van der Waals surface area (Å²) in [5.74, 6) is -2.99. The molecular formula is C26H19FN4O6. The second-order valence-electron chi connectivity index (χ2n) is 8.21. The van der Waals surface area contributed by atoms with E-state index < -0.39 is 36.2 Å². The van der Waals surface area contributed by atoms with E-state index in [4.69, 9.17) is 9.52 Å². The number of aromatic carboxylic acids is 1. The number of hydrogen-bond donors (Lipinski definition) is 3. The van der Waals surface area contributed by atoms with Crippen LogP contribution in [-0.4, -0.2) is 44.9 Å². The number of aromatic nitrogens is 1. The van der Waals surface area contributed by atoms with Gasteiger partial charge in [-0.2, -0.15) is 0 Å². The number of amides is 4. The minimum Gasteiger partial charge on any atom is -0.475 e. The molecule has 2 aromatic heterocycles. The Morgan fingerprint density at radius 2 is 1.81 bits per heavy atom. The van der Waals surface area contributed by atoms with Crippen LogP contribution in [-0.2, 0) is 16.1 Å². The van der Waals surface area contributed by atoms with Crippen LogP contribution in [0.5, 0.6) is 0 Å². The molecular weight excluding hydrogens is 483 g/mol. The number of furan rings is 1. The number of fused-ring (bicyclic) bond motifs is 1. The lowest BCUT2D eigenvalue weighted by Gasteiger charge is -2.12. The zero-order valence-corrected chi connectivity index (χ0v) is 19.1. The minimum atomic E-state index is -1.17. The number of nitrogens with one attached hydrogen (secondary N) is 2. The number of benzene rings is 2. The Morgan fingerprint density at radius 1 is 1.05 bits per heavy atom. The van der Waals surface area contributed by atoms with E-state index in [1.807, 2.05) is 28.8 Å². The quantitative estimate of drug-likeness (QED) is 0.261. The standard InChI is InChI=1S/C26H19FN4O6/c27-18-6-2-3-7-19(18)28-23(32)14-31-24(33)20(29-26(31)36)11-15-12-30(21-8-4-1-5-17(15)21)13-16-9-10-22(37-16)25(34)35/h1-12H,13-14H2,(H,28,32)(H,29,36)(H,34,35)/b20-11-. The number of carbonyl (C=O) groups excluding carboxylic acids is 3. The first-order valence-electron chi connectivity index (χ1n) is 11.1. The normalized spacial score (nSPS) is 14.4. The first-order valence-corrected chi connectivity index (χ1v) is 11.1. The van der Waals surface area contributed by atoms with Crippen LogP contribution in [0.1, 0.15) is 21.9 Å². The van der Waals surface area contributed by atoms with Gasteiger partial charge in [-0.05, 0) is 36.4 Å². The Bertz CT molecular complexity index is 1600. The number of anilines is 1. The Balaban J connectivity index is 1.37. The molecule has 0 radical (unpaired) electrons. The topological polar surface area (TPSA) is 134 Å². The fraction of sp³-hybridized carbons (Fsp3) is 0.0769. The summed E-state index contributed by atoms with van der Waals surface area (Å²) in [5.41, 5.74) is 1.32. The highest BCUT2D eigenvalue weighted by molar-refractivity contribution is 6.16. The van der Waals surface area contributed by atoms with E-state index in [1.54, 1.807) is 18.3 Å². The van der Waals surface area contributed by atoms with Crippen LogP contribution < -0.4 is 10.6 Å². The molecule has 1 saturated heterocycles. The SMILES string of the molecule is O=C(CN1C(=O)N/C(=C\c2cn(Cc3ccc(C(=O)O)o3)c3ccccc23)C1=O)Nc1ccccc1F. The molecule has 0 aliphatic carbocycles. The number of para-hydroxylation sites is 2. The number of carboxylic acids is 1. The molecule has 0 saturated carbocycles. The average Bonchev–Trinajstić information content (AvgIpc) is 3.55. The maximum atomic E-state index is 13.8. The van der Waals surface area contributed by atoms with Crippen LogP contribution in [0.2, 0.25) is 0 Å². The van der Waals surface area contributed by atoms with Crippen LogP contribution in [0.25, 0.3) is 17.0 Å². The molecule has 3 N–H and O–H groups in total. The van der Waals surface area contributed by atoms with Crippen molar-refractivity contribution in [2.45, 2.75) is 6.54 Å². The molecule has 0 atom stereocenters. The van der Waals surface area contributed by atoms with Crippen LogP contribution in [0, 0.1) is 5.82 Å². The number of carboxylic acid groups (broad SMARTS) is 1. The van der Waals surface area contributed by atoms with Crippen molar-refractivity contribution in [1.29, 1.82) is 0 Å². The van der Waals surface area contributed by atoms with Gasteiger partial charge in [0.05, 0.1) is 12.2 Å². The first kappa shape index (κ1) is 23.5. The summed E-state index contributed by atoms with van der Waals surface area (Å²) in [6.45, 7) is -0.359. The van der Waals surface area contributed by atoms with Crippen molar-refractivity contribution in [3.63, 3.8) is 0 Å². The summed E-state index contributed by atoms with van der Waals surface area (Å²) in [6.07, 6.45) is 3.24. The number of hydrogen-bond acceptors (Lipinski definition) is 5. The second-order valence-corrected chi connectivity index (χ2v) is 8.21. The van der Waals surface area contributed by atoms with E-state index in [1.165, 1.54) is 30.3 Å². The van der Waals surface area contributed by atoms with E-state index in [0.717, 1.165) is 15.8 Å². The zero-order valence-electron chi connectivity index (χ0n) is 19.1. The summed E-state index contributed by atoms with van der Waals surface area (Å²) in [4.78, 5) is 49.6. The number of rotatable bonds is 7. The highest BCUT2D eigenvalue weighted by atomic mass is 19.1. The van der Waals surface area contributed by atoms with Crippen molar-refractivity contribution in [3.05, 3.63) is 95.5 Å². The van der Waals surface area contributed by atoms with Gasteiger partial charge in [0.25, 0.3) is 5.91 Å². The molecule has 0 spiro atoms. The smallest absolute Gasteiger partial charge is 0.371 e. The lowest BCUT2D eigenvalue weighted by atomic mass is 10.1. The molecule has 0 unspecified atom stereocenters. The second kappa shape index (κ2) is 9.46. The third kappa shape index (κ3) is 4.69. The van der Waals surface area contributed by atoms with Gasteiger partial charge in [-0.3, -0.25) is 9.59 Å². The molecule has 10 nitrogen and oxygen atoms in total. The van der Waals surface area contributed by atoms with Crippen molar-refractivity contribution in [2.75, 3.05) is 11.9 Å². The Labute approximate surface area is 208 Å². The molecule has 37 heavy (non-hydrogen) atoms. The molecule has 0 bridgehead atoms. The zero-order chi connectivity index (χ0) is 26.1. The van der Waals surface area contributed by atoms with Gasteiger partial charge in [0, 0.05) is 22.7 Å². The molecule has 1 fully saturated rings. The molecule has 11 heteroatoms. The van der Waals surface area contributed by atoms with Gasteiger partial charge in [-0.1, -0.05) is 30.3 Å². The number of halogens is 1. The average molecular weight is 502 g/mol. The predicted molar refractivity (Wildman–Crippen MR) is 130 cm³/mol. The van der Waals surface area contributed by atoms with Gasteiger partial charge in [0.1, 0.15) is 23.8 Å². The van der Waals surface area contributed by atoms with E-state index >= 15 is 0 Å². The van der Waals surface area contributed by atoms with Gasteiger partial charge < -0.3 is 24.7 Å². The van der Waals surface area contributed by atoms with Crippen molar-refractivity contribution in [2.24, 2.45) is 0 Å². The lowest BCUT2D eigenvalue weighted by Crippen LogP contribution is -2.38. The molecule has 5 rings (SSSR count). The molecule has 186 valence electrons. The largest absolute Gasteiger partial charge is 0.475 e. The maximum Gasteiger partial charge on any atom is 0.371 e. The number of urea groups is 1. The maximum absolute atomic E-state index is 13.8. The van der Waals surface area contributed by atoms with Crippen LogP contribution in [0.15, 0.2) is 77.0 Å². The van der Waals surface area contributed by atoms with E-state index in [0.29, 0.717) is 11.3 Å². The molecule has 4 aromatic rings. The lowest BCUT2D eigenvalue weighted by molar-refractivity contribution is -0.127. The van der Waals surface area contributed by atoms with Gasteiger partial charge in [-0.15, -0.1) is 0 Å². The monoisotopic (exact) mass is 502 g/mol. The van der Waals surface area contributed by atoms with Crippen molar-refractivity contribution in [1.82, 2.24) is 14.8 Å². The van der Waals surface area contributed by atoms with Crippen LogP contribution >= 0.6 is 0 Å². The number of nitrogens with zero attached hydrogens (tertiary/aromatic N) is 2. The van der Waals surface area contributed by atoms with Crippen LogP contribution in [0.4, 0.5) is 14.9 Å². The van der Waals surface area contributed by atoms with Gasteiger partial charge >= 0.3 is 12.0 Å². The van der Waals surface area contributed by atoms with Crippen molar-refractivity contribution >= 4 is 46.5 Å². The Morgan fingerprint density at radius 3 is 2.57 bits per heavy atom. The van der Waals surface area contributed by atoms with Crippen molar-refractivity contribution in [3.8, 4) is 0 Å². The summed E-state index contributed by atoms with van der Waals surface area (Å²) < 4.78 is 21.0. The first-order chi connectivity index (χ1) is 17.8. The molecule has 3 heterocycles. The highest BCUT2D eigenvalue weighted by Gasteiger charge is 2.35. The Kier molecular flexibility index (Phi) is 6.02. The fourth-order valence-corrected chi connectivity index (χ4v) is 4.03. The molecule has 1 aliphatic heterocycles. The molecule has 1 aliphatic rings. The molecule has 2 aromatic carbocycles. The van der Waals surface area contributed by atoms with Gasteiger partial charge in [0.2, 0.25) is 11.7 Å².